The maximum Gasteiger partial charge on any atom is 0.254 e. The zero-order chi connectivity index (χ0) is 20.1. The molecule has 2 aromatic carbocycles. The van der Waals surface area contributed by atoms with Crippen LogP contribution in [0.3, 0.4) is 0 Å². The first-order valence-electron chi connectivity index (χ1n) is 9.57. The maximum atomic E-state index is 12.9. The second-order valence-electron chi connectivity index (χ2n) is 7.23. The fraction of sp³-hybridized carbons (Fsp3) is 0.409. The molecule has 0 N–H and O–H groups in total. The van der Waals surface area contributed by atoms with Gasteiger partial charge in [0.25, 0.3) is 5.91 Å². The summed E-state index contributed by atoms with van der Waals surface area (Å²) in [6.45, 7) is 7.84. The fourth-order valence-corrected chi connectivity index (χ4v) is 3.55. The van der Waals surface area contributed by atoms with Gasteiger partial charge in [0.05, 0.1) is 13.2 Å². The number of ether oxygens (including phenoxy) is 2. The molecule has 0 radical (unpaired) electrons. The van der Waals surface area contributed by atoms with E-state index in [4.69, 9.17) is 21.1 Å². The molecule has 6 heteroatoms. The van der Waals surface area contributed by atoms with Gasteiger partial charge in [-0.05, 0) is 49.7 Å². The summed E-state index contributed by atoms with van der Waals surface area (Å²) in [7, 11) is 1.59. The van der Waals surface area contributed by atoms with Crippen LogP contribution in [0.5, 0.6) is 11.5 Å². The van der Waals surface area contributed by atoms with Crippen molar-refractivity contribution in [1.82, 2.24) is 9.80 Å². The lowest BCUT2D eigenvalue weighted by Crippen LogP contribution is -2.48. The topological polar surface area (TPSA) is 42.0 Å². The predicted molar refractivity (Wildman–Crippen MR) is 111 cm³/mol. The number of rotatable bonds is 6. The van der Waals surface area contributed by atoms with Crippen molar-refractivity contribution in [2.24, 2.45) is 0 Å². The number of piperazine rings is 1. The minimum Gasteiger partial charge on any atom is -0.493 e. The van der Waals surface area contributed by atoms with Gasteiger partial charge in [0.15, 0.2) is 11.5 Å². The van der Waals surface area contributed by atoms with E-state index in [1.165, 1.54) is 5.56 Å². The fourth-order valence-electron chi connectivity index (χ4n) is 3.34. The van der Waals surface area contributed by atoms with Crippen molar-refractivity contribution >= 4 is 17.5 Å². The Hall–Kier alpha value is -2.24. The van der Waals surface area contributed by atoms with Crippen LogP contribution < -0.4 is 9.47 Å². The van der Waals surface area contributed by atoms with Crippen molar-refractivity contribution in [2.45, 2.75) is 26.5 Å². The summed E-state index contributed by atoms with van der Waals surface area (Å²) in [5.74, 6) is 1.26. The van der Waals surface area contributed by atoms with Crippen molar-refractivity contribution in [3.8, 4) is 11.5 Å². The van der Waals surface area contributed by atoms with Crippen LogP contribution in [0.15, 0.2) is 42.5 Å². The third-order valence-corrected chi connectivity index (χ3v) is 4.96. The van der Waals surface area contributed by atoms with Crippen LogP contribution in [-0.4, -0.2) is 55.1 Å². The molecule has 3 rings (SSSR count). The second kappa shape index (κ2) is 9.30. The molecule has 1 heterocycles. The standard InChI is InChI=1S/C22H27ClN2O3/c1-16(2)28-20-8-7-18(14-21(20)27-3)22(26)25-11-9-24(10-12-25)15-17-5-4-6-19(23)13-17/h4-8,13-14,16H,9-12,15H2,1-3H3. The number of carbonyl (C=O) groups is 1. The van der Waals surface area contributed by atoms with Crippen LogP contribution in [0, 0.1) is 0 Å². The summed E-state index contributed by atoms with van der Waals surface area (Å²) in [6.07, 6.45) is 0.0445. The number of nitrogens with zero attached hydrogens (tertiary/aromatic N) is 2. The lowest BCUT2D eigenvalue weighted by Gasteiger charge is -2.35. The molecule has 1 aliphatic heterocycles. The van der Waals surface area contributed by atoms with E-state index >= 15 is 0 Å². The third kappa shape index (κ3) is 5.18. The van der Waals surface area contributed by atoms with Crippen molar-refractivity contribution < 1.29 is 14.3 Å². The molecule has 0 atom stereocenters. The van der Waals surface area contributed by atoms with Gasteiger partial charge in [-0.3, -0.25) is 9.69 Å². The zero-order valence-electron chi connectivity index (χ0n) is 16.7. The molecule has 1 aliphatic rings. The molecule has 5 nitrogen and oxygen atoms in total. The average Bonchev–Trinajstić information content (AvgIpc) is 2.68. The van der Waals surface area contributed by atoms with Crippen LogP contribution in [0.2, 0.25) is 5.02 Å². The average molecular weight is 403 g/mol. The molecule has 0 saturated carbocycles. The molecular formula is C22H27ClN2O3. The van der Waals surface area contributed by atoms with Gasteiger partial charge in [0, 0.05) is 43.3 Å². The van der Waals surface area contributed by atoms with Crippen molar-refractivity contribution in [1.29, 1.82) is 0 Å². The molecule has 0 bridgehead atoms. The normalized spacial score (nSPS) is 15.0. The van der Waals surface area contributed by atoms with Gasteiger partial charge < -0.3 is 14.4 Å². The Morgan fingerprint density at radius 2 is 1.82 bits per heavy atom. The van der Waals surface area contributed by atoms with E-state index in [-0.39, 0.29) is 12.0 Å². The summed E-state index contributed by atoms with van der Waals surface area (Å²) in [6, 6.07) is 13.3. The van der Waals surface area contributed by atoms with E-state index in [2.05, 4.69) is 11.0 Å². The van der Waals surface area contributed by atoms with Gasteiger partial charge in [0.1, 0.15) is 0 Å². The Bertz CT molecular complexity index is 817. The molecule has 150 valence electrons. The lowest BCUT2D eigenvalue weighted by molar-refractivity contribution is 0.0628. The third-order valence-electron chi connectivity index (χ3n) is 4.73. The molecule has 1 fully saturated rings. The van der Waals surface area contributed by atoms with E-state index in [1.807, 2.05) is 43.0 Å². The Kier molecular flexibility index (Phi) is 6.81. The highest BCUT2D eigenvalue weighted by Gasteiger charge is 2.23. The highest BCUT2D eigenvalue weighted by atomic mass is 35.5. The summed E-state index contributed by atoms with van der Waals surface area (Å²) in [4.78, 5) is 17.1. The quantitative estimate of drug-likeness (QED) is 0.729. The molecule has 1 amide bonds. The molecular weight excluding hydrogens is 376 g/mol. The Balaban J connectivity index is 1.60. The SMILES string of the molecule is COc1cc(C(=O)N2CCN(Cc3cccc(Cl)c3)CC2)ccc1OC(C)C. The molecule has 1 saturated heterocycles. The maximum absolute atomic E-state index is 12.9. The lowest BCUT2D eigenvalue weighted by atomic mass is 10.1. The van der Waals surface area contributed by atoms with E-state index in [0.29, 0.717) is 30.2 Å². The van der Waals surface area contributed by atoms with Crippen molar-refractivity contribution in [3.05, 3.63) is 58.6 Å². The van der Waals surface area contributed by atoms with Gasteiger partial charge in [0.2, 0.25) is 0 Å². The molecule has 0 aromatic heterocycles. The van der Waals surface area contributed by atoms with Crippen molar-refractivity contribution in [2.75, 3.05) is 33.3 Å². The monoisotopic (exact) mass is 402 g/mol. The van der Waals surface area contributed by atoms with Crippen LogP contribution in [0.1, 0.15) is 29.8 Å². The van der Waals surface area contributed by atoms with E-state index < -0.39 is 0 Å². The number of benzene rings is 2. The highest BCUT2D eigenvalue weighted by molar-refractivity contribution is 6.30. The highest BCUT2D eigenvalue weighted by Crippen LogP contribution is 2.29. The first-order chi connectivity index (χ1) is 13.5. The first kappa shape index (κ1) is 20.5. The zero-order valence-corrected chi connectivity index (χ0v) is 17.4. The van der Waals surface area contributed by atoms with Crippen LogP contribution >= 0.6 is 11.6 Å². The minimum absolute atomic E-state index is 0.0248. The van der Waals surface area contributed by atoms with Gasteiger partial charge in [-0.25, -0.2) is 0 Å². The minimum atomic E-state index is 0.0248. The van der Waals surface area contributed by atoms with Gasteiger partial charge in [-0.1, -0.05) is 23.7 Å². The van der Waals surface area contributed by atoms with Gasteiger partial charge in [-0.15, -0.1) is 0 Å². The number of methoxy groups -OCH3 is 1. The number of halogens is 1. The van der Waals surface area contributed by atoms with E-state index in [9.17, 15) is 4.79 Å². The van der Waals surface area contributed by atoms with E-state index in [1.54, 1.807) is 19.2 Å². The van der Waals surface area contributed by atoms with Gasteiger partial charge >= 0.3 is 0 Å². The smallest absolute Gasteiger partial charge is 0.254 e. The molecule has 2 aromatic rings. The number of hydrogen-bond acceptors (Lipinski definition) is 4. The molecule has 0 aliphatic carbocycles. The number of amides is 1. The van der Waals surface area contributed by atoms with Crippen LogP contribution in [0.4, 0.5) is 0 Å². The predicted octanol–water partition coefficient (Wildman–Crippen LogP) is 4.09. The molecule has 0 spiro atoms. The summed E-state index contributed by atoms with van der Waals surface area (Å²) >= 11 is 6.07. The second-order valence-corrected chi connectivity index (χ2v) is 7.67. The Morgan fingerprint density at radius 1 is 1.07 bits per heavy atom. The van der Waals surface area contributed by atoms with Crippen molar-refractivity contribution in [3.63, 3.8) is 0 Å². The Morgan fingerprint density at radius 3 is 2.46 bits per heavy atom. The molecule has 28 heavy (non-hydrogen) atoms. The van der Waals surface area contributed by atoms with Gasteiger partial charge in [-0.2, -0.15) is 0 Å². The first-order valence-corrected chi connectivity index (χ1v) is 9.95. The number of hydrogen-bond donors (Lipinski definition) is 0. The summed E-state index contributed by atoms with van der Waals surface area (Å²) in [5, 5.41) is 0.755. The van der Waals surface area contributed by atoms with E-state index in [0.717, 1.165) is 24.7 Å². The number of carbonyl (C=O) groups excluding carboxylic acids is 1. The summed E-state index contributed by atoms with van der Waals surface area (Å²) < 4.78 is 11.1. The van der Waals surface area contributed by atoms with Crippen LogP contribution in [-0.2, 0) is 6.54 Å². The molecule has 0 unspecified atom stereocenters. The summed E-state index contributed by atoms with van der Waals surface area (Å²) in [5.41, 5.74) is 1.81. The largest absolute Gasteiger partial charge is 0.493 e. The Labute approximate surface area is 171 Å². The van der Waals surface area contributed by atoms with Crippen LogP contribution in [0.25, 0.3) is 0 Å².